The number of amidine groups is 1. The zero-order chi connectivity index (χ0) is 27.9. The van der Waals surface area contributed by atoms with Crippen molar-refractivity contribution in [3.05, 3.63) is 62.5 Å². The molecular formula is C29H38N4O6. The molecule has 0 spiro atoms. The highest BCUT2D eigenvalue weighted by atomic mass is 16.6. The summed E-state index contributed by atoms with van der Waals surface area (Å²) in [6.07, 6.45) is 10.6. The first-order valence-corrected chi connectivity index (χ1v) is 13.9. The topological polar surface area (TPSA) is 132 Å². The Hall–Kier alpha value is -3.69. The number of non-ortho nitro benzene ring substituents is 1. The quantitative estimate of drug-likeness (QED) is 0.167. The smallest absolute Gasteiger partial charge is 0.344 e. The molecule has 0 amide bonds. The Morgan fingerprint density at radius 2 is 1.59 bits per heavy atom. The molecule has 2 N–H and O–H groups in total. The van der Waals surface area contributed by atoms with E-state index in [1.165, 1.54) is 32.1 Å². The first-order valence-electron chi connectivity index (χ1n) is 13.9. The predicted octanol–water partition coefficient (Wildman–Crippen LogP) is 5.16. The number of carbonyl (C=O) groups excluding carboxylic acids is 2. The summed E-state index contributed by atoms with van der Waals surface area (Å²) >= 11 is 0. The molecule has 0 aromatic heterocycles. The van der Waals surface area contributed by atoms with Gasteiger partial charge in [0.25, 0.3) is 11.7 Å². The second-order valence-electron chi connectivity index (χ2n) is 10.6. The van der Waals surface area contributed by atoms with E-state index in [-0.39, 0.29) is 34.9 Å². The van der Waals surface area contributed by atoms with Crippen LogP contribution in [0.3, 0.4) is 0 Å². The van der Waals surface area contributed by atoms with E-state index in [4.69, 9.17) is 14.5 Å². The average molecular weight is 539 g/mol. The number of carbonyl (C=O) groups is 2. The van der Waals surface area contributed by atoms with Crippen molar-refractivity contribution in [2.24, 2.45) is 4.99 Å². The van der Waals surface area contributed by atoms with Crippen LogP contribution in [-0.4, -0.2) is 42.1 Å². The molecule has 4 rings (SSSR count). The van der Waals surface area contributed by atoms with Gasteiger partial charge in [0, 0.05) is 29.6 Å². The summed E-state index contributed by atoms with van der Waals surface area (Å²) in [6, 6.07) is 6.42. The van der Waals surface area contributed by atoms with Crippen LogP contribution in [-0.2, 0) is 19.1 Å². The van der Waals surface area contributed by atoms with Gasteiger partial charge in [0.2, 0.25) is 0 Å². The summed E-state index contributed by atoms with van der Waals surface area (Å²) in [5.41, 5.74) is 1.66. The molecule has 10 heteroatoms. The molecule has 1 unspecified atom stereocenters. The van der Waals surface area contributed by atoms with Gasteiger partial charge >= 0.3 is 11.9 Å². The first-order chi connectivity index (χ1) is 18.8. The summed E-state index contributed by atoms with van der Waals surface area (Å²) in [4.78, 5) is 42.7. The summed E-state index contributed by atoms with van der Waals surface area (Å²) in [5, 5.41) is 18.0. The molecule has 0 saturated heterocycles. The third-order valence-electron chi connectivity index (χ3n) is 7.80. The van der Waals surface area contributed by atoms with E-state index in [0.717, 1.165) is 51.4 Å². The van der Waals surface area contributed by atoms with Crippen LogP contribution in [0.1, 0.15) is 89.5 Å². The number of hydrogen-bond acceptors (Lipinski definition) is 8. The van der Waals surface area contributed by atoms with Gasteiger partial charge in [-0.3, -0.25) is 10.1 Å². The van der Waals surface area contributed by atoms with Gasteiger partial charge in [-0.1, -0.05) is 50.7 Å². The van der Waals surface area contributed by atoms with E-state index in [0.29, 0.717) is 17.0 Å². The van der Waals surface area contributed by atoms with Gasteiger partial charge in [-0.15, -0.1) is 0 Å². The number of allylic oxidation sites excluding steroid dienone is 2. The second kappa shape index (κ2) is 12.9. The lowest BCUT2D eigenvalue weighted by atomic mass is 9.80. The molecule has 0 bridgehead atoms. The number of nitrogens with one attached hydrogen (secondary N) is 2. The number of rotatable bonds is 6. The molecule has 10 nitrogen and oxygen atoms in total. The van der Waals surface area contributed by atoms with Crippen LogP contribution in [0.5, 0.6) is 0 Å². The lowest BCUT2D eigenvalue weighted by molar-refractivity contribution is -0.384. The highest BCUT2D eigenvalue weighted by molar-refractivity contribution is 6.03. The average Bonchev–Trinajstić information content (AvgIpc) is 2.93. The normalized spacial score (nSPS) is 21.3. The number of dihydropyridines is 1. The van der Waals surface area contributed by atoms with Crippen LogP contribution in [0.4, 0.5) is 5.69 Å². The van der Waals surface area contributed by atoms with Crippen molar-refractivity contribution in [2.75, 3.05) is 7.11 Å². The molecule has 1 heterocycles. The largest absolute Gasteiger partial charge is 0.466 e. The van der Waals surface area contributed by atoms with Crippen LogP contribution in [0.25, 0.3) is 0 Å². The Morgan fingerprint density at radius 1 is 0.974 bits per heavy atom. The number of aliphatic imine (C=N–C) groups is 1. The van der Waals surface area contributed by atoms with Gasteiger partial charge in [0.05, 0.1) is 35.1 Å². The van der Waals surface area contributed by atoms with Crippen LogP contribution < -0.4 is 10.6 Å². The Bertz CT molecular complexity index is 1190. The summed E-state index contributed by atoms with van der Waals surface area (Å²) < 4.78 is 11.0. The number of hydrogen-bond donors (Lipinski definition) is 2. The molecule has 2 saturated carbocycles. The summed E-state index contributed by atoms with van der Waals surface area (Å²) in [6.45, 7) is 3.44. The maximum absolute atomic E-state index is 13.9. The number of nitrogens with zero attached hydrogens (tertiary/aromatic N) is 2. The minimum atomic E-state index is -0.920. The molecule has 2 aliphatic carbocycles. The van der Waals surface area contributed by atoms with Crippen LogP contribution in [0.2, 0.25) is 0 Å². The monoisotopic (exact) mass is 538 g/mol. The second-order valence-corrected chi connectivity index (χ2v) is 10.6. The number of ether oxygens (including phenoxy) is 2. The Kier molecular flexibility index (Phi) is 9.37. The van der Waals surface area contributed by atoms with E-state index >= 15 is 0 Å². The zero-order valence-electron chi connectivity index (χ0n) is 23.0. The Morgan fingerprint density at radius 3 is 2.21 bits per heavy atom. The molecule has 1 aromatic carbocycles. The lowest BCUT2D eigenvalue weighted by Crippen LogP contribution is -2.41. The van der Waals surface area contributed by atoms with Gasteiger partial charge in [0.1, 0.15) is 0 Å². The van der Waals surface area contributed by atoms with Gasteiger partial charge in [0.15, 0.2) is 0 Å². The van der Waals surface area contributed by atoms with Crippen molar-refractivity contribution in [3.8, 4) is 0 Å². The predicted molar refractivity (Wildman–Crippen MR) is 147 cm³/mol. The highest BCUT2D eigenvalue weighted by Gasteiger charge is 2.39. The highest BCUT2D eigenvalue weighted by Crippen LogP contribution is 2.40. The van der Waals surface area contributed by atoms with Crippen molar-refractivity contribution in [1.29, 1.82) is 0 Å². The van der Waals surface area contributed by atoms with Crippen molar-refractivity contribution in [1.82, 2.24) is 10.6 Å². The fourth-order valence-electron chi connectivity index (χ4n) is 5.83. The first kappa shape index (κ1) is 28.3. The molecule has 1 aromatic rings. The Labute approximate surface area is 229 Å². The van der Waals surface area contributed by atoms with Gasteiger partial charge in [-0.25, -0.2) is 14.6 Å². The fourth-order valence-corrected chi connectivity index (χ4v) is 5.83. The van der Waals surface area contributed by atoms with E-state index in [1.54, 1.807) is 26.0 Å². The van der Waals surface area contributed by atoms with E-state index in [9.17, 15) is 19.7 Å². The zero-order valence-corrected chi connectivity index (χ0v) is 23.0. The molecule has 39 heavy (non-hydrogen) atoms. The molecule has 3 aliphatic rings. The molecule has 2 fully saturated rings. The number of nitro groups is 1. The number of esters is 2. The maximum atomic E-state index is 13.9. The van der Waals surface area contributed by atoms with Crippen LogP contribution in [0.15, 0.2) is 51.8 Å². The number of methoxy groups -OCH3 is 1. The third-order valence-corrected chi connectivity index (χ3v) is 7.80. The summed E-state index contributed by atoms with van der Waals surface area (Å²) in [7, 11) is 1.26. The maximum Gasteiger partial charge on any atom is 0.344 e. The molecule has 1 atom stereocenters. The van der Waals surface area contributed by atoms with Crippen molar-refractivity contribution in [3.63, 3.8) is 0 Å². The SMILES string of the molecule is COC(=O)C1=C(C)NC(C)=C(C(=O)OC(=NC2CCCCC2)NC2CCCCC2)C1c1cccc([N+](=O)[O-])c1. The standard InChI is InChI=1S/C29H38N4O6/c1-18-24(27(34)38-3)26(20-11-10-16-23(17-20)33(36)37)25(19(2)30-18)28(35)39-29(31-21-12-6-4-7-13-21)32-22-14-8-5-9-15-22/h10-11,16-17,21-22,26,30H,4-9,12-15H2,1-3H3,(H,31,32). The van der Waals surface area contributed by atoms with E-state index in [2.05, 4.69) is 10.6 Å². The van der Waals surface area contributed by atoms with Crippen molar-refractivity contribution in [2.45, 2.75) is 96.1 Å². The van der Waals surface area contributed by atoms with E-state index in [1.807, 2.05) is 0 Å². The number of nitro benzene ring substituents is 1. The van der Waals surface area contributed by atoms with Crippen molar-refractivity contribution >= 4 is 23.6 Å². The third kappa shape index (κ3) is 6.85. The minimum Gasteiger partial charge on any atom is -0.466 e. The van der Waals surface area contributed by atoms with Gasteiger partial charge < -0.3 is 20.1 Å². The van der Waals surface area contributed by atoms with E-state index < -0.39 is 22.8 Å². The molecular weight excluding hydrogens is 500 g/mol. The lowest BCUT2D eigenvalue weighted by Gasteiger charge is -2.31. The fraction of sp³-hybridized carbons (Fsp3) is 0.552. The molecule has 210 valence electrons. The molecule has 1 aliphatic heterocycles. The Balaban J connectivity index is 1.71. The number of benzene rings is 1. The van der Waals surface area contributed by atoms with Crippen LogP contribution >= 0.6 is 0 Å². The summed E-state index contributed by atoms with van der Waals surface area (Å²) in [5.74, 6) is -2.22. The van der Waals surface area contributed by atoms with Gasteiger partial charge in [-0.05, 0) is 45.1 Å². The minimum absolute atomic E-state index is 0.0811. The van der Waals surface area contributed by atoms with Crippen LogP contribution in [0, 0.1) is 10.1 Å². The van der Waals surface area contributed by atoms with Gasteiger partial charge in [-0.2, -0.15) is 0 Å². The van der Waals surface area contributed by atoms with Crippen molar-refractivity contribution < 1.29 is 24.0 Å². The molecule has 0 radical (unpaired) electrons.